The molecule has 1 aliphatic rings. The number of hydrogen-bond acceptors (Lipinski definition) is 2. The Kier molecular flexibility index (Phi) is 3.31. The van der Waals surface area contributed by atoms with E-state index in [0.717, 1.165) is 19.3 Å². The van der Waals surface area contributed by atoms with Crippen LogP contribution >= 0.6 is 0 Å². The third kappa shape index (κ3) is 2.44. The zero-order valence-electron chi connectivity index (χ0n) is 8.72. The molecule has 1 aliphatic heterocycles. The number of ether oxygens (including phenoxy) is 1. The molecule has 1 N–H and O–H groups in total. The second-order valence-corrected chi connectivity index (χ2v) is 3.97. The van der Waals surface area contributed by atoms with Gasteiger partial charge in [0.05, 0.1) is 0 Å². The standard InChI is InChI=1S/C10H19NO2/c1-4-8(2)11-9(12)10(3)6-5-7-13-10/h8H,4-7H2,1-3H3,(H,11,12). The largest absolute Gasteiger partial charge is 0.365 e. The van der Waals surface area contributed by atoms with Crippen LogP contribution in [0.2, 0.25) is 0 Å². The van der Waals surface area contributed by atoms with Gasteiger partial charge in [-0.05, 0) is 33.1 Å². The van der Waals surface area contributed by atoms with E-state index in [4.69, 9.17) is 4.74 Å². The third-order valence-corrected chi connectivity index (χ3v) is 2.69. The maximum atomic E-state index is 11.7. The summed E-state index contributed by atoms with van der Waals surface area (Å²) in [6, 6.07) is 0.244. The lowest BCUT2D eigenvalue weighted by molar-refractivity contribution is -0.140. The van der Waals surface area contributed by atoms with Crippen molar-refractivity contribution in [3.05, 3.63) is 0 Å². The molecular formula is C10H19NO2. The first-order valence-electron chi connectivity index (χ1n) is 5.03. The van der Waals surface area contributed by atoms with Crippen molar-refractivity contribution in [3.63, 3.8) is 0 Å². The maximum absolute atomic E-state index is 11.7. The maximum Gasteiger partial charge on any atom is 0.252 e. The Balaban J connectivity index is 2.46. The number of carbonyl (C=O) groups excluding carboxylic acids is 1. The van der Waals surface area contributed by atoms with Crippen molar-refractivity contribution in [2.75, 3.05) is 6.61 Å². The smallest absolute Gasteiger partial charge is 0.252 e. The summed E-state index contributed by atoms with van der Waals surface area (Å²) in [5, 5.41) is 2.95. The molecule has 1 rings (SSSR count). The van der Waals surface area contributed by atoms with Gasteiger partial charge in [0.25, 0.3) is 5.91 Å². The molecule has 0 bridgehead atoms. The number of amides is 1. The van der Waals surface area contributed by atoms with E-state index < -0.39 is 5.60 Å². The van der Waals surface area contributed by atoms with Crippen molar-refractivity contribution in [2.24, 2.45) is 0 Å². The Bertz CT molecular complexity index is 185. The van der Waals surface area contributed by atoms with Gasteiger partial charge in [0.2, 0.25) is 0 Å². The van der Waals surface area contributed by atoms with Crippen LogP contribution in [0.4, 0.5) is 0 Å². The Morgan fingerprint density at radius 2 is 2.38 bits per heavy atom. The zero-order valence-corrected chi connectivity index (χ0v) is 8.72. The molecule has 0 aromatic heterocycles. The molecular weight excluding hydrogens is 166 g/mol. The fourth-order valence-corrected chi connectivity index (χ4v) is 1.44. The number of rotatable bonds is 3. The Morgan fingerprint density at radius 3 is 2.85 bits per heavy atom. The molecule has 1 saturated heterocycles. The minimum atomic E-state index is -0.566. The Hall–Kier alpha value is -0.570. The summed E-state index contributed by atoms with van der Waals surface area (Å²) in [6.07, 6.45) is 2.79. The first-order valence-corrected chi connectivity index (χ1v) is 5.03. The normalized spacial score (nSPS) is 30.1. The van der Waals surface area contributed by atoms with Crippen LogP contribution in [0.1, 0.15) is 40.0 Å². The lowest BCUT2D eigenvalue weighted by Crippen LogP contribution is -2.47. The summed E-state index contributed by atoms with van der Waals surface area (Å²) < 4.78 is 5.44. The van der Waals surface area contributed by atoms with Crippen LogP contribution in [0.25, 0.3) is 0 Å². The second kappa shape index (κ2) is 4.09. The minimum Gasteiger partial charge on any atom is -0.365 e. The van der Waals surface area contributed by atoms with E-state index in [9.17, 15) is 4.79 Å². The molecule has 2 atom stereocenters. The van der Waals surface area contributed by atoms with E-state index in [0.29, 0.717) is 6.61 Å². The van der Waals surface area contributed by atoms with Crippen molar-refractivity contribution in [2.45, 2.75) is 51.7 Å². The average molecular weight is 185 g/mol. The van der Waals surface area contributed by atoms with Gasteiger partial charge in [-0.1, -0.05) is 6.92 Å². The second-order valence-electron chi connectivity index (χ2n) is 3.97. The molecule has 3 heteroatoms. The summed E-state index contributed by atoms with van der Waals surface area (Å²) >= 11 is 0. The molecule has 0 aromatic rings. The van der Waals surface area contributed by atoms with Crippen LogP contribution < -0.4 is 5.32 Å². The first kappa shape index (κ1) is 10.5. The quantitative estimate of drug-likeness (QED) is 0.723. The number of carbonyl (C=O) groups is 1. The molecule has 1 amide bonds. The van der Waals surface area contributed by atoms with E-state index in [1.807, 2.05) is 13.8 Å². The predicted octanol–water partition coefficient (Wildman–Crippen LogP) is 1.47. The van der Waals surface area contributed by atoms with Crippen LogP contribution in [0.5, 0.6) is 0 Å². The third-order valence-electron chi connectivity index (χ3n) is 2.69. The van der Waals surface area contributed by atoms with E-state index in [1.54, 1.807) is 0 Å². The molecule has 13 heavy (non-hydrogen) atoms. The van der Waals surface area contributed by atoms with Gasteiger partial charge in [0.15, 0.2) is 0 Å². The van der Waals surface area contributed by atoms with E-state index >= 15 is 0 Å². The van der Waals surface area contributed by atoms with Crippen LogP contribution in [0.15, 0.2) is 0 Å². The van der Waals surface area contributed by atoms with Crippen LogP contribution in [0, 0.1) is 0 Å². The van der Waals surface area contributed by atoms with Gasteiger partial charge in [-0.15, -0.1) is 0 Å². The fraction of sp³-hybridized carbons (Fsp3) is 0.900. The van der Waals surface area contributed by atoms with E-state index in [-0.39, 0.29) is 11.9 Å². The summed E-state index contributed by atoms with van der Waals surface area (Å²) in [4.78, 5) is 11.7. The van der Waals surface area contributed by atoms with Crippen LogP contribution in [-0.2, 0) is 9.53 Å². The minimum absolute atomic E-state index is 0.0411. The van der Waals surface area contributed by atoms with Gasteiger partial charge in [-0.2, -0.15) is 0 Å². The lowest BCUT2D eigenvalue weighted by atomic mass is 10.0. The van der Waals surface area contributed by atoms with Gasteiger partial charge in [-0.3, -0.25) is 4.79 Å². The molecule has 0 aromatic carbocycles. The number of hydrogen-bond donors (Lipinski definition) is 1. The lowest BCUT2D eigenvalue weighted by Gasteiger charge is -2.24. The van der Waals surface area contributed by atoms with Gasteiger partial charge in [0, 0.05) is 12.6 Å². The molecule has 1 heterocycles. The molecule has 0 saturated carbocycles. The molecule has 2 unspecified atom stereocenters. The zero-order chi connectivity index (χ0) is 9.90. The van der Waals surface area contributed by atoms with Crippen molar-refractivity contribution in [3.8, 4) is 0 Å². The summed E-state index contributed by atoms with van der Waals surface area (Å²) in [6.45, 7) is 6.65. The van der Waals surface area contributed by atoms with E-state index in [2.05, 4.69) is 12.2 Å². The topological polar surface area (TPSA) is 38.3 Å². The van der Waals surface area contributed by atoms with Crippen molar-refractivity contribution in [1.29, 1.82) is 0 Å². The van der Waals surface area contributed by atoms with Gasteiger partial charge < -0.3 is 10.1 Å². The molecule has 3 nitrogen and oxygen atoms in total. The monoisotopic (exact) mass is 185 g/mol. The van der Waals surface area contributed by atoms with Crippen molar-refractivity contribution in [1.82, 2.24) is 5.32 Å². The molecule has 76 valence electrons. The van der Waals surface area contributed by atoms with Crippen LogP contribution in [-0.4, -0.2) is 24.2 Å². The van der Waals surface area contributed by atoms with Crippen LogP contribution in [0.3, 0.4) is 0 Å². The molecule has 0 spiro atoms. The molecule has 1 fully saturated rings. The van der Waals surface area contributed by atoms with Gasteiger partial charge in [0.1, 0.15) is 5.60 Å². The molecule has 0 aliphatic carbocycles. The average Bonchev–Trinajstić information content (AvgIpc) is 2.53. The van der Waals surface area contributed by atoms with Gasteiger partial charge >= 0.3 is 0 Å². The fourth-order valence-electron chi connectivity index (χ4n) is 1.44. The van der Waals surface area contributed by atoms with Crippen molar-refractivity contribution >= 4 is 5.91 Å². The van der Waals surface area contributed by atoms with Gasteiger partial charge in [-0.25, -0.2) is 0 Å². The molecule has 0 radical (unpaired) electrons. The highest BCUT2D eigenvalue weighted by molar-refractivity contribution is 5.85. The predicted molar refractivity (Wildman–Crippen MR) is 51.5 cm³/mol. The van der Waals surface area contributed by atoms with E-state index in [1.165, 1.54) is 0 Å². The highest BCUT2D eigenvalue weighted by atomic mass is 16.5. The highest BCUT2D eigenvalue weighted by Crippen LogP contribution is 2.25. The van der Waals surface area contributed by atoms with Crippen molar-refractivity contribution < 1.29 is 9.53 Å². The first-order chi connectivity index (χ1) is 6.08. The summed E-state index contributed by atoms with van der Waals surface area (Å²) in [5.41, 5.74) is -0.566. The Morgan fingerprint density at radius 1 is 1.69 bits per heavy atom. The summed E-state index contributed by atoms with van der Waals surface area (Å²) in [7, 11) is 0. The highest BCUT2D eigenvalue weighted by Gasteiger charge is 2.37. The Labute approximate surface area is 79.8 Å². The number of nitrogens with one attached hydrogen (secondary N) is 1. The summed E-state index contributed by atoms with van der Waals surface area (Å²) in [5.74, 6) is 0.0411. The SMILES string of the molecule is CCC(C)NC(=O)C1(C)CCCO1.